The second-order valence-corrected chi connectivity index (χ2v) is 8.78. The van der Waals surface area contributed by atoms with Crippen LogP contribution in [-0.4, -0.2) is 46.8 Å². The van der Waals surface area contributed by atoms with Crippen molar-refractivity contribution in [1.29, 1.82) is 0 Å². The molecule has 3 rings (SSSR count). The number of nitrogens with zero attached hydrogens (tertiary/aromatic N) is 3. The fourth-order valence-electron chi connectivity index (χ4n) is 2.46. The number of halogens is 1. The van der Waals surface area contributed by atoms with E-state index >= 15 is 0 Å². The molecule has 2 aromatic heterocycles. The normalized spacial score (nSPS) is 15.8. The first kappa shape index (κ1) is 16.6. The van der Waals surface area contributed by atoms with E-state index in [1.807, 2.05) is 6.07 Å². The van der Waals surface area contributed by atoms with E-state index in [-0.39, 0.29) is 10.9 Å². The van der Waals surface area contributed by atoms with Crippen LogP contribution in [0.4, 0.5) is 5.00 Å². The third-order valence-corrected chi connectivity index (χ3v) is 6.28. The van der Waals surface area contributed by atoms with Crippen molar-refractivity contribution in [2.45, 2.75) is 6.54 Å². The van der Waals surface area contributed by atoms with Crippen molar-refractivity contribution in [3.63, 3.8) is 0 Å². The predicted molar refractivity (Wildman–Crippen MR) is 94.2 cm³/mol. The van der Waals surface area contributed by atoms with Crippen LogP contribution in [0.15, 0.2) is 28.1 Å². The summed E-state index contributed by atoms with van der Waals surface area (Å²) in [7, 11) is 0. The summed E-state index contributed by atoms with van der Waals surface area (Å²) in [5, 5.41) is 10.7. The number of thiophene rings is 2. The smallest absolute Gasteiger partial charge is 0.324 e. The van der Waals surface area contributed by atoms with Gasteiger partial charge in [0.05, 0.1) is 13.6 Å². The number of hydrogen-bond acceptors (Lipinski definition) is 6. The van der Waals surface area contributed by atoms with Crippen molar-refractivity contribution in [2.75, 3.05) is 26.2 Å². The van der Waals surface area contributed by atoms with Crippen LogP contribution in [-0.2, 0) is 6.54 Å². The van der Waals surface area contributed by atoms with Gasteiger partial charge in [0.15, 0.2) is 0 Å². The van der Waals surface area contributed by atoms with Gasteiger partial charge in [0.1, 0.15) is 0 Å². The lowest BCUT2D eigenvalue weighted by Gasteiger charge is -2.34. The maximum Gasteiger partial charge on any atom is 0.324 e. The molecule has 0 bridgehead atoms. The van der Waals surface area contributed by atoms with Gasteiger partial charge < -0.3 is 4.90 Å². The molecule has 1 fully saturated rings. The molecule has 0 radical (unpaired) electrons. The van der Waals surface area contributed by atoms with Gasteiger partial charge in [-0.3, -0.25) is 19.8 Å². The van der Waals surface area contributed by atoms with E-state index in [9.17, 15) is 14.9 Å². The van der Waals surface area contributed by atoms with Crippen LogP contribution >= 0.6 is 38.6 Å². The van der Waals surface area contributed by atoms with E-state index in [0.29, 0.717) is 18.0 Å². The number of rotatable bonds is 4. The lowest BCUT2D eigenvalue weighted by molar-refractivity contribution is -0.380. The van der Waals surface area contributed by atoms with E-state index in [2.05, 4.69) is 26.9 Å². The molecule has 122 valence electrons. The molecule has 23 heavy (non-hydrogen) atoms. The Morgan fingerprint density at radius 2 is 1.91 bits per heavy atom. The Morgan fingerprint density at radius 1 is 1.17 bits per heavy atom. The third kappa shape index (κ3) is 3.97. The Kier molecular flexibility index (Phi) is 5.10. The first-order valence-corrected chi connectivity index (χ1v) is 9.45. The monoisotopic (exact) mass is 415 g/mol. The highest BCUT2D eigenvalue weighted by molar-refractivity contribution is 9.11. The standard InChI is InChI=1S/C14H14BrN3O3S2/c15-12-3-1-10(22-12)9-16-5-7-17(8-6-16)14(19)11-2-4-13(23-11)18(20)21/h1-4H,5-9H2. The topological polar surface area (TPSA) is 66.7 Å². The molecule has 0 N–H and O–H groups in total. The summed E-state index contributed by atoms with van der Waals surface area (Å²) in [5.74, 6) is -0.110. The van der Waals surface area contributed by atoms with E-state index < -0.39 is 4.92 Å². The van der Waals surface area contributed by atoms with Crippen molar-refractivity contribution in [1.82, 2.24) is 9.80 Å². The van der Waals surface area contributed by atoms with Gasteiger partial charge in [-0.25, -0.2) is 0 Å². The first-order valence-electron chi connectivity index (χ1n) is 7.03. The number of piperazine rings is 1. The van der Waals surface area contributed by atoms with Crippen LogP contribution in [0.25, 0.3) is 0 Å². The van der Waals surface area contributed by atoms with Crippen molar-refractivity contribution >= 4 is 49.5 Å². The second kappa shape index (κ2) is 7.08. The van der Waals surface area contributed by atoms with Crippen LogP contribution in [0, 0.1) is 10.1 Å². The summed E-state index contributed by atoms with van der Waals surface area (Å²) in [5.41, 5.74) is 0. The molecule has 0 atom stereocenters. The zero-order valence-electron chi connectivity index (χ0n) is 12.1. The molecule has 1 amide bonds. The molecule has 3 heterocycles. The highest BCUT2D eigenvalue weighted by Crippen LogP contribution is 2.26. The molecule has 2 aromatic rings. The summed E-state index contributed by atoms with van der Waals surface area (Å²) in [6.07, 6.45) is 0. The van der Waals surface area contributed by atoms with Gasteiger partial charge >= 0.3 is 5.00 Å². The van der Waals surface area contributed by atoms with Gasteiger partial charge in [-0.1, -0.05) is 11.3 Å². The van der Waals surface area contributed by atoms with Crippen LogP contribution in [0.2, 0.25) is 0 Å². The molecule has 6 nitrogen and oxygen atoms in total. The summed E-state index contributed by atoms with van der Waals surface area (Å²) < 4.78 is 1.13. The molecule has 1 aliphatic heterocycles. The minimum absolute atomic E-state index is 0.00950. The Morgan fingerprint density at radius 3 is 2.48 bits per heavy atom. The third-order valence-electron chi connectivity index (χ3n) is 3.65. The predicted octanol–water partition coefficient (Wildman–Crippen LogP) is 3.44. The minimum Gasteiger partial charge on any atom is -0.335 e. The molecule has 1 aliphatic rings. The average molecular weight is 416 g/mol. The second-order valence-electron chi connectivity index (χ2n) is 5.17. The molecule has 0 aliphatic carbocycles. The number of amides is 1. The van der Waals surface area contributed by atoms with Crippen LogP contribution in [0.5, 0.6) is 0 Å². The van der Waals surface area contributed by atoms with E-state index in [4.69, 9.17) is 0 Å². The number of hydrogen-bond donors (Lipinski definition) is 0. The highest BCUT2D eigenvalue weighted by Gasteiger charge is 2.24. The SMILES string of the molecule is O=C(c1ccc([N+](=O)[O-])s1)N1CCN(Cc2ccc(Br)s2)CC1. The maximum atomic E-state index is 12.4. The van der Waals surface area contributed by atoms with Crippen LogP contribution < -0.4 is 0 Å². The molecular formula is C14H14BrN3O3S2. The molecular weight excluding hydrogens is 402 g/mol. The van der Waals surface area contributed by atoms with Gasteiger partial charge in [-0.2, -0.15) is 0 Å². The summed E-state index contributed by atoms with van der Waals surface area (Å²) >= 11 is 6.13. The number of nitro groups is 1. The number of carbonyl (C=O) groups excluding carboxylic acids is 1. The summed E-state index contributed by atoms with van der Waals surface area (Å²) in [4.78, 5) is 28.5. The fraction of sp³-hybridized carbons (Fsp3) is 0.357. The largest absolute Gasteiger partial charge is 0.335 e. The van der Waals surface area contributed by atoms with Gasteiger partial charge in [0, 0.05) is 43.7 Å². The first-order chi connectivity index (χ1) is 11.0. The van der Waals surface area contributed by atoms with Crippen LogP contribution in [0.3, 0.4) is 0 Å². The van der Waals surface area contributed by atoms with E-state index in [1.165, 1.54) is 10.9 Å². The Bertz CT molecular complexity index is 722. The molecule has 0 aromatic carbocycles. The Hall–Kier alpha value is -1.29. The van der Waals surface area contributed by atoms with Gasteiger partial charge in [0.2, 0.25) is 0 Å². The lowest BCUT2D eigenvalue weighted by Crippen LogP contribution is -2.48. The Balaban J connectivity index is 1.55. The van der Waals surface area contributed by atoms with Crippen molar-refractivity contribution in [2.24, 2.45) is 0 Å². The number of carbonyl (C=O) groups is 1. The van der Waals surface area contributed by atoms with Gasteiger partial charge in [-0.15, -0.1) is 11.3 Å². The minimum atomic E-state index is -0.460. The molecule has 1 saturated heterocycles. The quantitative estimate of drug-likeness (QED) is 0.566. The Labute approximate surface area is 149 Å². The van der Waals surface area contributed by atoms with E-state index in [1.54, 1.807) is 22.3 Å². The van der Waals surface area contributed by atoms with Crippen molar-refractivity contribution < 1.29 is 9.72 Å². The molecule has 0 saturated carbocycles. The summed E-state index contributed by atoms with van der Waals surface area (Å²) in [6.45, 7) is 3.82. The molecule has 9 heteroatoms. The van der Waals surface area contributed by atoms with E-state index in [0.717, 1.165) is 34.8 Å². The molecule has 0 unspecified atom stereocenters. The fourth-order valence-corrected chi connectivity index (χ4v) is 4.78. The molecule has 0 spiro atoms. The maximum absolute atomic E-state index is 12.4. The zero-order valence-corrected chi connectivity index (χ0v) is 15.3. The highest BCUT2D eigenvalue weighted by atomic mass is 79.9. The van der Waals surface area contributed by atoms with Crippen molar-refractivity contribution in [3.8, 4) is 0 Å². The summed E-state index contributed by atoms with van der Waals surface area (Å²) in [6, 6.07) is 7.09. The van der Waals surface area contributed by atoms with Crippen LogP contribution in [0.1, 0.15) is 14.5 Å². The lowest BCUT2D eigenvalue weighted by atomic mass is 10.3. The zero-order chi connectivity index (χ0) is 16.4. The van der Waals surface area contributed by atoms with Gasteiger partial charge in [0.25, 0.3) is 5.91 Å². The average Bonchev–Trinajstić information content (AvgIpc) is 3.17. The van der Waals surface area contributed by atoms with Crippen molar-refractivity contribution in [3.05, 3.63) is 47.9 Å². The van der Waals surface area contributed by atoms with Gasteiger partial charge in [-0.05, 0) is 34.1 Å².